The molecule has 0 fully saturated rings. The van der Waals surface area contributed by atoms with E-state index in [9.17, 15) is 0 Å². The topological polar surface area (TPSA) is 6.48 Å². The van der Waals surface area contributed by atoms with E-state index < -0.39 is 10.8 Å². The largest absolute Gasteiger partial charge is 0.362 e. The maximum atomic E-state index is 2.92. The van der Waals surface area contributed by atoms with Gasteiger partial charge >= 0.3 is 0 Å². The van der Waals surface area contributed by atoms with Crippen molar-refractivity contribution in [2.45, 2.75) is 114 Å². The summed E-state index contributed by atoms with van der Waals surface area (Å²) in [4.78, 5) is 5.57. The molecule has 7 atom stereocenters. The highest BCUT2D eigenvalue weighted by atomic mass is 15.2. The van der Waals surface area contributed by atoms with Crippen LogP contribution in [0, 0.1) is 29.1 Å². The summed E-state index contributed by atoms with van der Waals surface area (Å²) in [6.07, 6.45) is 35.4. The van der Waals surface area contributed by atoms with Crippen LogP contribution in [0.4, 0.5) is 11.4 Å². The summed E-state index contributed by atoms with van der Waals surface area (Å²) < 4.78 is 0. The smallest absolute Gasteiger partial charge is 0.0713 e. The number of fused-ring (bicyclic) bond motifs is 13. The van der Waals surface area contributed by atoms with Crippen molar-refractivity contribution < 1.29 is 0 Å². The number of nitrogens with zero attached hydrogens (tertiary/aromatic N) is 2. The minimum absolute atomic E-state index is 0.0703. The molecule has 7 unspecified atom stereocenters. The third-order valence-corrected chi connectivity index (χ3v) is 26.7. The summed E-state index contributed by atoms with van der Waals surface area (Å²) in [7, 11) is 0. The van der Waals surface area contributed by atoms with Crippen molar-refractivity contribution in [3.8, 4) is 22.3 Å². The fraction of sp³-hybridized carbons (Fsp3) is 0.219. The second kappa shape index (κ2) is 25.6. The van der Waals surface area contributed by atoms with Crippen LogP contribution in [0.5, 0.6) is 0 Å². The Labute approximate surface area is 633 Å². The van der Waals surface area contributed by atoms with Crippen LogP contribution in [-0.2, 0) is 16.2 Å². The normalized spacial score (nSPS) is 22.8. The molecule has 9 aliphatic carbocycles. The minimum Gasteiger partial charge on any atom is -0.362 e. The number of anilines is 2. The van der Waals surface area contributed by atoms with E-state index in [1.807, 2.05) is 0 Å². The van der Waals surface area contributed by atoms with E-state index in [1.165, 1.54) is 151 Å². The first-order valence-electron chi connectivity index (χ1n) is 39.6. The molecule has 11 aromatic carbocycles. The third kappa shape index (κ3) is 10.2. The zero-order valence-electron chi connectivity index (χ0n) is 62.2. The van der Waals surface area contributed by atoms with Crippen LogP contribution >= 0.6 is 0 Å². The third-order valence-electron chi connectivity index (χ3n) is 26.7. The number of hydrogen-bond donors (Lipinski definition) is 0. The molecule has 0 saturated carbocycles. The van der Waals surface area contributed by atoms with E-state index in [-0.39, 0.29) is 46.6 Å². The Morgan fingerprint density at radius 3 is 1.73 bits per heavy atom. The molecule has 0 spiro atoms. The summed E-state index contributed by atoms with van der Waals surface area (Å²) >= 11 is 0. The predicted molar refractivity (Wildman–Crippen MR) is 446 cm³/mol. The molecular formula is C105H92N2. The van der Waals surface area contributed by atoms with E-state index in [0.29, 0.717) is 5.92 Å². The molecular weight excluding hydrogens is 1290 g/mol. The molecule has 107 heavy (non-hydrogen) atoms. The molecule has 0 N–H and O–H groups in total. The highest BCUT2D eigenvalue weighted by Gasteiger charge is 2.53. The van der Waals surface area contributed by atoms with Crippen LogP contribution in [0.2, 0.25) is 0 Å². The van der Waals surface area contributed by atoms with Gasteiger partial charge in [-0.1, -0.05) is 338 Å². The van der Waals surface area contributed by atoms with Gasteiger partial charge in [-0.15, -0.1) is 0 Å². The van der Waals surface area contributed by atoms with Crippen molar-refractivity contribution in [1.29, 1.82) is 0 Å². The number of para-hydroxylation sites is 1. The average molecular weight is 1380 g/mol. The zero-order chi connectivity index (χ0) is 71.8. The van der Waals surface area contributed by atoms with Gasteiger partial charge < -0.3 is 9.80 Å². The first-order valence-corrected chi connectivity index (χ1v) is 39.6. The number of benzene rings is 11. The van der Waals surface area contributed by atoms with E-state index in [2.05, 4.69) is 384 Å². The van der Waals surface area contributed by atoms with Crippen molar-refractivity contribution in [2.75, 3.05) is 4.90 Å². The Morgan fingerprint density at radius 2 is 1.06 bits per heavy atom. The summed E-state index contributed by atoms with van der Waals surface area (Å²) in [5.41, 5.74) is 31.7. The van der Waals surface area contributed by atoms with Gasteiger partial charge in [0, 0.05) is 40.1 Å². The van der Waals surface area contributed by atoms with E-state index in [4.69, 9.17) is 0 Å². The quantitative estimate of drug-likeness (QED) is 0.113. The van der Waals surface area contributed by atoms with Gasteiger partial charge in [0.1, 0.15) is 0 Å². The van der Waals surface area contributed by atoms with Gasteiger partial charge in [-0.3, -0.25) is 0 Å². The van der Waals surface area contributed by atoms with Gasteiger partial charge in [0.2, 0.25) is 0 Å². The lowest BCUT2D eigenvalue weighted by atomic mass is 9.56. The van der Waals surface area contributed by atoms with E-state index in [0.717, 1.165) is 38.5 Å². The molecule has 0 amide bonds. The second-order valence-corrected chi connectivity index (χ2v) is 33.4. The van der Waals surface area contributed by atoms with Crippen LogP contribution in [0.1, 0.15) is 147 Å². The number of rotatable bonds is 12. The molecule has 2 nitrogen and oxygen atoms in total. The van der Waals surface area contributed by atoms with Gasteiger partial charge in [0.25, 0.3) is 0 Å². The van der Waals surface area contributed by atoms with Crippen molar-refractivity contribution in [3.05, 3.63) is 435 Å². The highest BCUT2D eigenvalue weighted by Crippen LogP contribution is 2.65. The molecule has 9 aliphatic rings. The molecule has 0 radical (unpaired) electrons. The van der Waals surface area contributed by atoms with Crippen LogP contribution in [0.3, 0.4) is 0 Å². The monoisotopic (exact) mass is 1380 g/mol. The predicted octanol–water partition coefficient (Wildman–Crippen LogP) is 25.8. The molecule has 2 heteroatoms. The van der Waals surface area contributed by atoms with Crippen molar-refractivity contribution in [1.82, 2.24) is 4.90 Å². The Morgan fingerprint density at radius 1 is 0.449 bits per heavy atom. The first kappa shape index (κ1) is 65.5. The van der Waals surface area contributed by atoms with Crippen molar-refractivity contribution in [3.63, 3.8) is 0 Å². The summed E-state index contributed by atoms with van der Waals surface area (Å²) in [6, 6.07) is 106. The lowest BCUT2D eigenvalue weighted by Crippen LogP contribution is -2.44. The fourth-order valence-electron chi connectivity index (χ4n) is 22.0. The Bertz CT molecular complexity index is 5590. The lowest BCUT2D eigenvalue weighted by Gasteiger charge is -2.50. The van der Waals surface area contributed by atoms with E-state index >= 15 is 0 Å². The Kier molecular flexibility index (Phi) is 15.7. The number of hydrogen-bond acceptors (Lipinski definition) is 2. The molecule has 11 aromatic rings. The summed E-state index contributed by atoms with van der Waals surface area (Å²) in [5.74, 6) is 1.01. The maximum Gasteiger partial charge on any atom is 0.0713 e. The molecule has 0 aromatic heterocycles. The van der Waals surface area contributed by atoms with Gasteiger partial charge in [-0.25, -0.2) is 0 Å². The second-order valence-electron chi connectivity index (χ2n) is 33.4. The first-order chi connectivity index (χ1) is 52.5. The van der Waals surface area contributed by atoms with Crippen molar-refractivity contribution in [2.24, 2.45) is 29.1 Å². The van der Waals surface area contributed by atoms with Crippen LogP contribution < -0.4 is 4.90 Å². The number of allylic oxidation sites excluding steroid dienone is 15. The van der Waals surface area contributed by atoms with Gasteiger partial charge in [0.05, 0.1) is 16.9 Å². The zero-order valence-corrected chi connectivity index (χ0v) is 62.2. The van der Waals surface area contributed by atoms with E-state index in [1.54, 1.807) is 0 Å². The molecule has 0 saturated heterocycles. The van der Waals surface area contributed by atoms with Crippen LogP contribution in [0.25, 0.3) is 38.6 Å². The maximum absolute atomic E-state index is 2.92. The Balaban J connectivity index is 0.845. The standard InChI is InChI=1S/C105H92N2/c1-102(2,3)72-51-53-79(54-52-72)106(77-39-20-10-21-40-77)80-56-62-89-92(66-80)99(70-49-58-86-84-44-26-28-46-94(84)104(97(86)64-70,73-31-12-6-13-32-73)74-33-14-7-15-34-74)90-63-57-81(107(78-41-22-11-23-42-78)82-55-61-88-91-60-48-69-30-24-25-43-83(69)101(91)103(4,5)96(88)68-82)67-93(90)100(89)71-50-59-87-85-45-27-29-47-95(85)105(98(87)65-71,75-35-16-8-17-36-75)76-37-18-9-19-38-76/h6-39,41-48,50-51,53,55,57-61,63-66,68,70,72,77,79,89,93,100H,40,49,52,54,56,62,67H2,1-5H3. The van der Waals surface area contributed by atoms with Crippen LogP contribution in [0.15, 0.2) is 374 Å². The van der Waals surface area contributed by atoms with Crippen molar-refractivity contribution >= 4 is 27.7 Å². The summed E-state index contributed by atoms with van der Waals surface area (Å²) in [6.45, 7) is 12.2. The molecule has 522 valence electrons. The van der Waals surface area contributed by atoms with Gasteiger partial charge in [-0.2, -0.15) is 0 Å². The van der Waals surface area contributed by atoms with Crippen LogP contribution in [-0.4, -0.2) is 17.0 Å². The highest BCUT2D eigenvalue weighted by molar-refractivity contribution is 5.99. The average Bonchev–Trinajstić information content (AvgIpc) is 1.58. The summed E-state index contributed by atoms with van der Waals surface area (Å²) in [5, 5.41) is 2.64. The van der Waals surface area contributed by atoms with Gasteiger partial charge in [0.15, 0.2) is 0 Å². The Hall–Kier alpha value is -11.1. The minimum atomic E-state index is -0.556. The lowest BCUT2D eigenvalue weighted by molar-refractivity contribution is 0.181. The SMILES string of the molecule is CC1(C)c2cc(N(C3=CC=C4C(C5C=C6C(=CC5)c5ccccc5C6(c5ccccc5)c5ccccc5)=C5C=C(N(C6C=CC=CC6)C6C=CC(C(C)(C)C)CC6)CCC5C(c5ccc6c(c5)C(c5ccccc5)(c5ccccc5)c5ccccc5-6)C4C3)c3ccccc3)ccc2-c2ccc3ccccc3c21. The molecule has 0 aliphatic heterocycles. The molecule has 0 bridgehead atoms. The fourth-order valence-corrected chi connectivity index (χ4v) is 22.0. The molecule has 20 rings (SSSR count). The van der Waals surface area contributed by atoms with Gasteiger partial charge in [-0.05, 0) is 233 Å². The molecule has 0 heterocycles.